The lowest BCUT2D eigenvalue weighted by Gasteiger charge is -2.36. The Labute approximate surface area is 210 Å². The van der Waals surface area contributed by atoms with Gasteiger partial charge in [-0.25, -0.2) is 9.18 Å². The highest BCUT2D eigenvalue weighted by Crippen LogP contribution is 2.53. The first-order valence-corrected chi connectivity index (χ1v) is 12.4. The molecule has 3 unspecified atom stereocenters. The molecule has 0 aliphatic carbocycles. The summed E-state index contributed by atoms with van der Waals surface area (Å²) in [4.78, 5) is 27.4. The Bertz CT molecular complexity index is 1370. The summed E-state index contributed by atoms with van der Waals surface area (Å²) in [5.41, 5.74) is -0.0427. The predicted octanol–water partition coefficient (Wildman–Crippen LogP) is 5.56. The number of benzene rings is 2. The smallest absolute Gasteiger partial charge is 0.477 e. The van der Waals surface area contributed by atoms with Gasteiger partial charge in [0.15, 0.2) is 5.60 Å². The third-order valence-corrected chi connectivity index (χ3v) is 7.63. The second-order valence-corrected chi connectivity index (χ2v) is 11.1. The largest absolute Gasteiger partial charge is 0.541 e. The van der Waals surface area contributed by atoms with Crippen molar-refractivity contribution in [1.29, 1.82) is 0 Å². The standard InChI is InChI=1S/C28H27FNO5P/c1-7-28(25(31)32,36(34)35)27(6,33)23-21(18-12-14-19(29)15-13-18)16-22(30-24(23)26(3,4)5)20-11-9-8-10-17(20)2/h1,8-16,33H,2-6H3,(H-,31,32,34,35)/p+1. The molecule has 186 valence electrons. The molecule has 0 radical (unpaired) electrons. The van der Waals surface area contributed by atoms with Gasteiger partial charge < -0.3 is 10.2 Å². The van der Waals surface area contributed by atoms with Crippen molar-refractivity contribution in [3.05, 3.63) is 77.2 Å². The fraction of sp³-hybridized carbons (Fsp3) is 0.286. The zero-order valence-corrected chi connectivity index (χ0v) is 21.6. The second-order valence-electron chi connectivity index (χ2n) is 9.86. The summed E-state index contributed by atoms with van der Waals surface area (Å²) in [5, 5.41) is 19.1. The minimum absolute atomic E-state index is 0.0170. The molecule has 36 heavy (non-hydrogen) atoms. The maximum Gasteiger partial charge on any atom is 0.541 e. The molecule has 0 spiro atoms. The van der Waals surface area contributed by atoms with Crippen LogP contribution in [0.4, 0.5) is 4.39 Å². The molecule has 3 N–H and O–H groups in total. The molecule has 1 heterocycles. The number of carboxylic acids is 1. The number of aliphatic carboxylic acids is 1. The van der Waals surface area contributed by atoms with Gasteiger partial charge in [-0.05, 0) is 59.2 Å². The number of carboxylic acid groups (broad SMARTS) is 1. The van der Waals surface area contributed by atoms with E-state index in [-0.39, 0.29) is 11.3 Å². The van der Waals surface area contributed by atoms with Crippen LogP contribution >= 0.6 is 8.03 Å². The summed E-state index contributed by atoms with van der Waals surface area (Å²) in [6.07, 6.45) is 5.54. The molecule has 0 saturated heterocycles. The van der Waals surface area contributed by atoms with Gasteiger partial charge in [0.05, 0.1) is 11.4 Å². The number of carbonyl (C=O) groups is 1. The van der Waals surface area contributed by atoms with Crippen LogP contribution in [0.1, 0.15) is 44.5 Å². The molecular formula is C28H28FNO5P+. The van der Waals surface area contributed by atoms with Gasteiger partial charge in [0.2, 0.25) is 0 Å². The first-order chi connectivity index (χ1) is 16.7. The quantitative estimate of drug-likeness (QED) is 0.297. The Morgan fingerprint density at radius 3 is 2.11 bits per heavy atom. The number of halogens is 1. The van der Waals surface area contributed by atoms with Crippen molar-refractivity contribution in [3.63, 3.8) is 0 Å². The van der Waals surface area contributed by atoms with Crippen molar-refractivity contribution in [1.82, 2.24) is 4.98 Å². The molecule has 3 atom stereocenters. The van der Waals surface area contributed by atoms with Gasteiger partial charge >= 0.3 is 19.2 Å². The van der Waals surface area contributed by atoms with Crippen molar-refractivity contribution in [2.45, 2.75) is 50.8 Å². The summed E-state index contributed by atoms with van der Waals surface area (Å²) in [7, 11) is -3.61. The minimum atomic E-state index is -3.61. The Morgan fingerprint density at radius 1 is 1.06 bits per heavy atom. The highest BCUT2D eigenvalue weighted by Gasteiger charge is 2.70. The lowest BCUT2D eigenvalue weighted by molar-refractivity contribution is -0.145. The van der Waals surface area contributed by atoms with E-state index in [1.54, 1.807) is 6.07 Å². The summed E-state index contributed by atoms with van der Waals surface area (Å²) in [6.45, 7) is 8.49. The van der Waals surface area contributed by atoms with Gasteiger partial charge in [-0.3, -0.25) is 4.98 Å². The van der Waals surface area contributed by atoms with Crippen LogP contribution in [0, 0.1) is 25.1 Å². The summed E-state index contributed by atoms with van der Waals surface area (Å²) >= 11 is 0. The first kappa shape index (κ1) is 27.2. The van der Waals surface area contributed by atoms with E-state index in [9.17, 15) is 28.9 Å². The maximum absolute atomic E-state index is 13.8. The number of nitrogens with zero attached hydrogens (tertiary/aromatic N) is 1. The summed E-state index contributed by atoms with van der Waals surface area (Å²) in [5.74, 6) is -0.411. The Balaban J connectivity index is 2.59. The molecule has 2 aromatic carbocycles. The van der Waals surface area contributed by atoms with E-state index in [4.69, 9.17) is 11.4 Å². The van der Waals surface area contributed by atoms with Crippen molar-refractivity contribution in [2.24, 2.45) is 0 Å². The van der Waals surface area contributed by atoms with Crippen LogP contribution in [0.3, 0.4) is 0 Å². The number of aryl methyl sites for hydroxylation is 1. The fourth-order valence-corrected chi connectivity index (χ4v) is 5.11. The van der Waals surface area contributed by atoms with Gasteiger partial charge in [-0.2, -0.15) is 4.89 Å². The number of rotatable bonds is 6. The van der Waals surface area contributed by atoms with E-state index in [1.807, 2.05) is 57.9 Å². The third kappa shape index (κ3) is 4.44. The lowest BCUT2D eigenvalue weighted by Crippen LogP contribution is -2.53. The number of aromatic nitrogens is 1. The van der Waals surface area contributed by atoms with Crippen LogP contribution in [-0.4, -0.2) is 31.2 Å². The second kappa shape index (κ2) is 9.55. The highest BCUT2D eigenvalue weighted by molar-refractivity contribution is 7.42. The number of hydrogen-bond donors (Lipinski definition) is 3. The first-order valence-electron chi connectivity index (χ1n) is 11.2. The molecule has 8 heteroatoms. The molecule has 1 aromatic heterocycles. The SMILES string of the molecule is C#CC(C(=O)O)([P+](=O)O)C(C)(O)c1c(-c2ccc(F)cc2)cc(-c2ccccc2C)nc1C(C)(C)C. The molecule has 6 nitrogen and oxygen atoms in total. The normalized spacial score (nSPS) is 15.4. The Hall–Kier alpha value is -3.43. The van der Waals surface area contributed by atoms with Crippen molar-refractivity contribution in [2.75, 3.05) is 0 Å². The summed E-state index contributed by atoms with van der Waals surface area (Å²) < 4.78 is 26.3. The van der Waals surface area contributed by atoms with E-state index >= 15 is 0 Å². The van der Waals surface area contributed by atoms with Gasteiger partial charge in [-0.1, -0.05) is 57.2 Å². The van der Waals surface area contributed by atoms with Gasteiger partial charge in [0.1, 0.15) is 5.82 Å². The molecule has 3 rings (SSSR count). The van der Waals surface area contributed by atoms with Crippen molar-refractivity contribution < 1.29 is 28.9 Å². The van der Waals surface area contributed by atoms with Gasteiger partial charge in [0, 0.05) is 16.5 Å². The van der Waals surface area contributed by atoms with E-state index in [2.05, 4.69) is 0 Å². The average Bonchev–Trinajstić information content (AvgIpc) is 2.78. The van der Waals surface area contributed by atoms with Crippen molar-refractivity contribution in [3.8, 4) is 34.7 Å². The molecule has 0 bridgehead atoms. The molecule has 3 aromatic rings. The Kier molecular flexibility index (Phi) is 7.21. The average molecular weight is 509 g/mol. The minimum Gasteiger partial charge on any atom is -0.477 e. The highest BCUT2D eigenvalue weighted by atomic mass is 31.1. The predicted molar refractivity (Wildman–Crippen MR) is 137 cm³/mol. The number of pyridine rings is 1. The molecule has 0 fully saturated rings. The zero-order valence-electron chi connectivity index (χ0n) is 20.7. The van der Waals surface area contributed by atoms with Gasteiger partial charge in [-0.15, -0.1) is 6.42 Å². The van der Waals surface area contributed by atoms with Crippen LogP contribution in [0.15, 0.2) is 54.6 Å². The summed E-state index contributed by atoms with van der Waals surface area (Å²) in [6, 6.07) is 14.6. The van der Waals surface area contributed by atoms with E-state index < -0.39 is 36.0 Å². The molecular weight excluding hydrogens is 480 g/mol. The van der Waals surface area contributed by atoms with E-state index in [1.165, 1.54) is 24.3 Å². The zero-order chi connectivity index (χ0) is 27.1. The van der Waals surface area contributed by atoms with Crippen LogP contribution in [0.5, 0.6) is 0 Å². The molecule has 0 amide bonds. The van der Waals surface area contributed by atoms with Crippen LogP contribution in [-0.2, 0) is 20.4 Å². The monoisotopic (exact) mass is 508 g/mol. The number of terminal acetylenes is 1. The third-order valence-electron chi connectivity index (χ3n) is 6.30. The molecule has 0 saturated carbocycles. The number of hydrogen-bond acceptors (Lipinski definition) is 4. The fourth-order valence-electron chi connectivity index (χ4n) is 4.35. The van der Waals surface area contributed by atoms with Gasteiger partial charge in [0.25, 0.3) is 0 Å². The lowest BCUT2D eigenvalue weighted by atomic mass is 9.73. The van der Waals surface area contributed by atoms with Crippen LogP contribution in [0.2, 0.25) is 0 Å². The van der Waals surface area contributed by atoms with Crippen molar-refractivity contribution >= 4 is 14.0 Å². The topological polar surface area (TPSA) is 108 Å². The maximum atomic E-state index is 13.8. The number of aliphatic hydroxyl groups is 1. The van der Waals surface area contributed by atoms with Crippen LogP contribution < -0.4 is 0 Å². The Morgan fingerprint density at radius 2 is 1.64 bits per heavy atom. The van der Waals surface area contributed by atoms with Crippen LogP contribution in [0.25, 0.3) is 22.4 Å². The van der Waals surface area contributed by atoms with E-state index in [0.29, 0.717) is 16.8 Å². The molecule has 0 aliphatic heterocycles. The van der Waals surface area contributed by atoms with E-state index in [0.717, 1.165) is 18.1 Å². The molecule has 0 aliphatic rings.